The highest BCUT2D eigenvalue weighted by molar-refractivity contribution is 5.76. The highest BCUT2D eigenvalue weighted by atomic mass is 16.7. The Balaban J connectivity index is 1.88. The fraction of sp³-hybridized carbons (Fsp3) is 0. The van der Waals surface area contributed by atoms with Crippen molar-refractivity contribution in [2.45, 2.75) is 0 Å². The summed E-state index contributed by atoms with van der Waals surface area (Å²) in [6, 6.07) is 9.45. The van der Waals surface area contributed by atoms with Crippen molar-refractivity contribution in [1.82, 2.24) is 19.9 Å². The van der Waals surface area contributed by atoms with Crippen LogP contribution in [-0.4, -0.2) is 19.9 Å². The van der Waals surface area contributed by atoms with Crippen LogP contribution in [0.5, 0.6) is 5.88 Å². The molecule has 0 fully saturated rings. The fourth-order valence-electron chi connectivity index (χ4n) is 1.51. The fourth-order valence-corrected chi connectivity index (χ4v) is 1.51. The first-order chi connectivity index (χ1) is 8.83. The quantitative estimate of drug-likeness (QED) is 0.599. The highest BCUT2D eigenvalue weighted by Gasteiger charge is 2.09. The normalized spacial score (nSPS) is 10.4. The smallest absolute Gasteiger partial charge is 0.276 e. The highest BCUT2D eigenvalue weighted by Crippen LogP contribution is 2.20. The lowest BCUT2D eigenvalue weighted by Crippen LogP contribution is -2.08. The van der Waals surface area contributed by atoms with Gasteiger partial charge in [-0.25, -0.2) is 10.5 Å². The van der Waals surface area contributed by atoms with Gasteiger partial charge in [0.05, 0.1) is 12.0 Å². The van der Waals surface area contributed by atoms with Gasteiger partial charge in [-0.3, -0.25) is 0 Å². The molecule has 0 amide bonds. The van der Waals surface area contributed by atoms with Crippen LogP contribution in [0.1, 0.15) is 0 Å². The molecular formula is C11H10N6O. The third-order valence-electron chi connectivity index (χ3n) is 2.31. The first-order valence-corrected chi connectivity index (χ1v) is 5.27. The summed E-state index contributed by atoms with van der Waals surface area (Å²) in [5, 5.41) is 0. The average molecular weight is 242 g/mol. The van der Waals surface area contributed by atoms with E-state index in [1.165, 1.54) is 6.33 Å². The van der Waals surface area contributed by atoms with Gasteiger partial charge in [0.1, 0.15) is 0 Å². The van der Waals surface area contributed by atoms with Crippen LogP contribution in [-0.2, 0) is 0 Å². The summed E-state index contributed by atoms with van der Waals surface area (Å²) in [4.78, 5) is 20.3. The molecule has 7 heteroatoms. The summed E-state index contributed by atoms with van der Waals surface area (Å²) in [5.41, 5.74) is 10.2. The lowest BCUT2D eigenvalue weighted by Gasteiger charge is -2.07. The van der Waals surface area contributed by atoms with Gasteiger partial charge in [0.2, 0.25) is 5.95 Å². The van der Waals surface area contributed by atoms with Crippen molar-refractivity contribution >= 4 is 22.8 Å². The molecule has 0 saturated carbocycles. The number of para-hydroxylation sites is 1. The van der Waals surface area contributed by atoms with E-state index in [1.54, 1.807) is 0 Å². The molecule has 1 aromatic carbocycles. The number of hydrogen-bond donors (Lipinski definition) is 3. The number of nitrogens with zero attached hydrogens (tertiary/aromatic N) is 3. The molecule has 2 heterocycles. The van der Waals surface area contributed by atoms with Gasteiger partial charge in [0.15, 0.2) is 11.2 Å². The van der Waals surface area contributed by atoms with E-state index in [0.717, 1.165) is 5.69 Å². The van der Waals surface area contributed by atoms with E-state index in [1.807, 2.05) is 30.3 Å². The van der Waals surface area contributed by atoms with Gasteiger partial charge in [-0.15, -0.1) is 0 Å². The number of aromatic nitrogens is 4. The van der Waals surface area contributed by atoms with Crippen molar-refractivity contribution in [1.29, 1.82) is 0 Å². The van der Waals surface area contributed by atoms with E-state index in [4.69, 9.17) is 10.6 Å². The Morgan fingerprint density at radius 2 is 2.00 bits per heavy atom. The number of fused-ring (bicyclic) bond motifs is 1. The van der Waals surface area contributed by atoms with Gasteiger partial charge in [-0.1, -0.05) is 18.2 Å². The molecule has 2 aromatic heterocycles. The summed E-state index contributed by atoms with van der Waals surface area (Å²) in [7, 11) is 0. The van der Waals surface area contributed by atoms with Crippen LogP contribution in [0.15, 0.2) is 36.7 Å². The third kappa shape index (κ3) is 1.88. The Kier molecular flexibility index (Phi) is 2.41. The SMILES string of the molecule is Nc1nc(ONc2ccccc2)c2[nH]cnc2n1. The number of H-pyrrole nitrogens is 1. The van der Waals surface area contributed by atoms with Crippen LogP contribution in [0.4, 0.5) is 11.6 Å². The Labute approximate surface area is 102 Å². The monoisotopic (exact) mass is 242 g/mol. The second-order valence-corrected chi connectivity index (χ2v) is 3.56. The minimum absolute atomic E-state index is 0.111. The molecule has 0 atom stereocenters. The Morgan fingerprint density at radius 1 is 1.17 bits per heavy atom. The predicted molar refractivity (Wildman–Crippen MR) is 66.8 cm³/mol. The molecule has 4 N–H and O–H groups in total. The number of anilines is 2. The maximum atomic E-state index is 5.57. The molecule has 90 valence electrons. The number of imidazole rings is 1. The zero-order valence-electron chi connectivity index (χ0n) is 9.29. The largest absolute Gasteiger partial charge is 0.368 e. The van der Waals surface area contributed by atoms with E-state index >= 15 is 0 Å². The number of nitrogen functional groups attached to an aromatic ring is 1. The Morgan fingerprint density at radius 3 is 2.83 bits per heavy atom. The molecule has 0 aliphatic heterocycles. The Hall–Kier alpha value is -2.83. The molecular weight excluding hydrogens is 232 g/mol. The molecule has 0 aliphatic rings. The number of aromatic amines is 1. The van der Waals surface area contributed by atoms with Crippen LogP contribution in [0.25, 0.3) is 11.2 Å². The lowest BCUT2D eigenvalue weighted by molar-refractivity contribution is 0.393. The summed E-state index contributed by atoms with van der Waals surface area (Å²) >= 11 is 0. The van der Waals surface area contributed by atoms with E-state index in [-0.39, 0.29) is 5.95 Å². The van der Waals surface area contributed by atoms with E-state index in [9.17, 15) is 0 Å². The molecule has 18 heavy (non-hydrogen) atoms. The van der Waals surface area contributed by atoms with Gasteiger partial charge >= 0.3 is 0 Å². The van der Waals surface area contributed by atoms with Gasteiger partial charge in [-0.05, 0) is 12.1 Å². The number of rotatable bonds is 3. The zero-order valence-corrected chi connectivity index (χ0v) is 9.29. The summed E-state index contributed by atoms with van der Waals surface area (Å²) < 4.78 is 0. The first kappa shape index (κ1) is 10.3. The summed E-state index contributed by atoms with van der Waals surface area (Å²) in [5.74, 6) is 0.415. The standard InChI is InChI=1S/C11H10N6O/c12-11-15-9-8(13-6-14-9)10(16-11)18-17-7-4-2-1-3-5-7/h1-6,17H,(H3,12,13,14,15,16). The molecule has 3 rings (SSSR count). The molecule has 0 unspecified atom stereocenters. The van der Waals surface area contributed by atoms with Crippen molar-refractivity contribution in [2.75, 3.05) is 11.2 Å². The van der Waals surface area contributed by atoms with E-state index in [2.05, 4.69) is 25.4 Å². The molecule has 0 radical (unpaired) electrons. The van der Waals surface area contributed by atoms with E-state index in [0.29, 0.717) is 17.0 Å². The average Bonchev–Trinajstić information content (AvgIpc) is 2.85. The second-order valence-electron chi connectivity index (χ2n) is 3.56. The van der Waals surface area contributed by atoms with Gasteiger partial charge in [0, 0.05) is 0 Å². The van der Waals surface area contributed by atoms with Crippen molar-refractivity contribution in [3.63, 3.8) is 0 Å². The molecule has 0 spiro atoms. The number of benzene rings is 1. The van der Waals surface area contributed by atoms with Crippen LogP contribution >= 0.6 is 0 Å². The number of hydrogen-bond acceptors (Lipinski definition) is 6. The van der Waals surface area contributed by atoms with Crippen molar-refractivity contribution in [3.8, 4) is 5.88 Å². The molecule has 0 saturated heterocycles. The van der Waals surface area contributed by atoms with Crippen LogP contribution in [0.3, 0.4) is 0 Å². The first-order valence-electron chi connectivity index (χ1n) is 5.27. The number of nitrogens with one attached hydrogen (secondary N) is 2. The number of nitrogens with two attached hydrogens (primary N) is 1. The van der Waals surface area contributed by atoms with Crippen LogP contribution < -0.4 is 16.1 Å². The van der Waals surface area contributed by atoms with Crippen molar-refractivity contribution in [3.05, 3.63) is 36.7 Å². The van der Waals surface area contributed by atoms with Gasteiger partial charge < -0.3 is 15.6 Å². The zero-order chi connectivity index (χ0) is 12.4. The molecule has 3 aromatic rings. The van der Waals surface area contributed by atoms with Crippen LogP contribution in [0.2, 0.25) is 0 Å². The van der Waals surface area contributed by atoms with Crippen LogP contribution in [0, 0.1) is 0 Å². The maximum Gasteiger partial charge on any atom is 0.276 e. The molecule has 0 aliphatic carbocycles. The maximum absolute atomic E-state index is 5.57. The predicted octanol–water partition coefficient (Wildman–Crippen LogP) is 1.34. The van der Waals surface area contributed by atoms with Gasteiger partial charge in [0.25, 0.3) is 5.88 Å². The van der Waals surface area contributed by atoms with Crippen molar-refractivity contribution in [2.24, 2.45) is 0 Å². The molecule has 0 bridgehead atoms. The summed E-state index contributed by atoms with van der Waals surface area (Å²) in [6.07, 6.45) is 1.51. The minimum atomic E-state index is 0.111. The summed E-state index contributed by atoms with van der Waals surface area (Å²) in [6.45, 7) is 0. The van der Waals surface area contributed by atoms with Gasteiger partial charge in [-0.2, -0.15) is 9.97 Å². The minimum Gasteiger partial charge on any atom is -0.368 e. The topological polar surface area (TPSA) is 102 Å². The molecule has 7 nitrogen and oxygen atoms in total. The van der Waals surface area contributed by atoms with E-state index < -0.39 is 0 Å². The second kappa shape index (κ2) is 4.21. The van der Waals surface area contributed by atoms with Crippen molar-refractivity contribution < 1.29 is 4.84 Å². The Bertz CT molecular complexity index is 666. The lowest BCUT2D eigenvalue weighted by atomic mass is 10.3. The third-order valence-corrected chi connectivity index (χ3v) is 2.31.